The highest BCUT2D eigenvalue weighted by molar-refractivity contribution is 5.32. The van der Waals surface area contributed by atoms with E-state index in [1.54, 1.807) is 0 Å². The summed E-state index contributed by atoms with van der Waals surface area (Å²) in [5.74, 6) is 0. The lowest BCUT2D eigenvalue weighted by Crippen LogP contribution is -1.90. The van der Waals surface area contributed by atoms with E-state index in [0.29, 0.717) is 0 Å². The van der Waals surface area contributed by atoms with Crippen molar-refractivity contribution in [1.82, 2.24) is 0 Å². The predicted molar refractivity (Wildman–Crippen MR) is 19.8 cm³/mol. The maximum Gasteiger partial charge on any atom is 0.237 e. The molecule has 3 heteroatoms. The van der Waals surface area contributed by atoms with Gasteiger partial charge in [-0.15, -0.1) is 0 Å². The quantitative estimate of drug-likeness (QED) is 0.351. The molecule has 3 nitrogen and oxygen atoms in total. The van der Waals surface area contributed by atoms with Crippen LogP contribution in [0.1, 0.15) is 6.92 Å². The summed E-state index contributed by atoms with van der Waals surface area (Å²) in [5, 5.41) is 8.12. The molecule has 0 aliphatic carbocycles. The highest BCUT2D eigenvalue weighted by Gasteiger charge is 1.80. The third-order valence-corrected chi connectivity index (χ3v) is 0.240. The second kappa shape index (κ2) is 2.57. The van der Waals surface area contributed by atoms with E-state index in [-0.39, 0.29) is 0 Å². The zero-order chi connectivity index (χ0) is 4.99. The molecule has 6 heavy (non-hydrogen) atoms. The second-order valence-corrected chi connectivity index (χ2v) is 0.852. The maximum absolute atomic E-state index is 9.16. The van der Waals surface area contributed by atoms with Gasteiger partial charge in [0.15, 0.2) is 6.23 Å². The van der Waals surface area contributed by atoms with E-state index in [9.17, 15) is 0 Å². The first-order valence-electron chi connectivity index (χ1n) is 1.52. The van der Waals surface area contributed by atoms with Crippen LogP contribution in [0.15, 0.2) is 4.99 Å². The molecule has 1 unspecified atom stereocenters. The van der Waals surface area contributed by atoms with Crippen molar-refractivity contribution in [3.8, 4) is 0 Å². The van der Waals surface area contributed by atoms with E-state index < -0.39 is 6.23 Å². The van der Waals surface area contributed by atoms with Gasteiger partial charge in [-0.25, -0.2) is 4.79 Å². The minimum Gasteiger partial charge on any atom is -0.371 e. The Morgan fingerprint density at radius 1 is 2.00 bits per heavy atom. The Morgan fingerprint density at radius 3 is 2.50 bits per heavy atom. The predicted octanol–water partition coefficient (Wildman–Crippen LogP) is -0.339. The number of aliphatic hydroxyl groups is 1. The second-order valence-electron chi connectivity index (χ2n) is 0.852. The number of hydrogen-bond acceptors (Lipinski definition) is 3. The summed E-state index contributed by atoms with van der Waals surface area (Å²) in [4.78, 5) is 12.0. The molecule has 0 bridgehead atoms. The fourth-order valence-corrected chi connectivity index (χ4v) is 0.0763. The lowest BCUT2D eigenvalue weighted by atomic mass is 10.7. The fraction of sp³-hybridized carbons (Fsp3) is 0.667. The van der Waals surface area contributed by atoms with Gasteiger partial charge in [0.1, 0.15) is 0 Å². The van der Waals surface area contributed by atoms with Crippen LogP contribution >= 0.6 is 0 Å². The highest BCUT2D eigenvalue weighted by Crippen LogP contribution is 1.73. The normalized spacial score (nSPS) is 12.3. The first-order valence-corrected chi connectivity index (χ1v) is 1.52. The third-order valence-electron chi connectivity index (χ3n) is 0.240. The zero-order valence-electron chi connectivity index (χ0n) is 3.38. The van der Waals surface area contributed by atoms with E-state index in [1.165, 1.54) is 13.0 Å². The number of rotatable bonds is 1. The third kappa shape index (κ3) is 3.34. The molecule has 0 amide bonds. The van der Waals surface area contributed by atoms with Crippen LogP contribution in [0.3, 0.4) is 0 Å². The van der Waals surface area contributed by atoms with Gasteiger partial charge in [-0.2, -0.15) is 4.99 Å². The molecule has 0 radical (unpaired) electrons. The molecule has 0 aliphatic rings. The van der Waals surface area contributed by atoms with Crippen LogP contribution in [0.5, 0.6) is 0 Å². The van der Waals surface area contributed by atoms with Crippen molar-refractivity contribution < 1.29 is 9.90 Å². The van der Waals surface area contributed by atoms with Crippen LogP contribution in [0.25, 0.3) is 0 Å². The first kappa shape index (κ1) is 5.34. The molecular formula is C3H5NO2. The minimum absolute atomic E-state index is 0.900. The Hall–Kier alpha value is -0.660. The Labute approximate surface area is 35.3 Å². The number of isocyanates is 1. The van der Waals surface area contributed by atoms with Crippen LogP contribution < -0.4 is 0 Å². The number of carbonyl (C=O) groups excluding carboxylic acids is 1. The van der Waals surface area contributed by atoms with Gasteiger partial charge in [-0.1, -0.05) is 0 Å². The molecule has 0 saturated carbocycles. The smallest absolute Gasteiger partial charge is 0.237 e. The summed E-state index contributed by atoms with van der Waals surface area (Å²) in [5.41, 5.74) is 0. The fourth-order valence-electron chi connectivity index (χ4n) is 0.0763. The summed E-state index contributed by atoms with van der Waals surface area (Å²) in [7, 11) is 0. The Balaban J connectivity index is 3.29. The van der Waals surface area contributed by atoms with Crippen molar-refractivity contribution in [2.24, 2.45) is 4.99 Å². The van der Waals surface area contributed by atoms with E-state index in [0.717, 1.165) is 0 Å². The monoisotopic (exact) mass is 87.0 g/mol. The van der Waals surface area contributed by atoms with Crippen molar-refractivity contribution in [1.29, 1.82) is 0 Å². The van der Waals surface area contributed by atoms with Gasteiger partial charge in [0.25, 0.3) is 0 Å². The molecule has 0 rings (SSSR count). The average Bonchev–Trinajstić information content (AvgIpc) is 1.35. The van der Waals surface area contributed by atoms with Gasteiger partial charge < -0.3 is 5.11 Å². The average molecular weight is 87.1 g/mol. The molecule has 0 saturated heterocycles. The summed E-state index contributed by atoms with van der Waals surface area (Å²) in [6.45, 7) is 1.38. The SMILES string of the molecule is CC(O)N=C=O. The van der Waals surface area contributed by atoms with Crippen molar-refractivity contribution in [3.63, 3.8) is 0 Å². The zero-order valence-corrected chi connectivity index (χ0v) is 3.38. The molecule has 0 aliphatic heterocycles. The Bertz CT molecular complexity index is 72.9. The minimum atomic E-state index is -0.900. The van der Waals surface area contributed by atoms with Gasteiger partial charge in [-0.3, -0.25) is 0 Å². The maximum atomic E-state index is 9.16. The summed E-state index contributed by atoms with van der Waals surface area (Å²) in [6.07, 6.45) is 0.292. The molecule has 0 aromatic heterocycles. The molecule has 0 aromatic carbocycles. The molecule has 1 atom stereocenters. The van der Waals surface area contributed by atoms with Crippen LogP contribution in [0.4, 0.5) is 0 Å². The van der Waals surface area contributed by atoms with Crippen LogP contribution in [0.2, 0.25) is 0 Å². The summed E-state index contributed by atoms with van der Waals surface area (Å²) >= 11 is 0. The van der Waals surface area contributed by atoms with Crippen molar-refractivity contribution in [2.75, 3.05) is 0 Å². The van der Waals surface area contributed by atoms with Crippen molar-refractivity contribution in [3.05, 3.63) is 0 Å². The van der Waals surface area contributed by atoms with Gasteiger partial charge in [0.2, 0.25) is 6.08 Å². The molecule has 0 heterocycles. The van der Waals surface area contributed by atoms with Crippen LogP contribution in [-0.4, -0.2) is 17.4 Å². The highest BCUT2D eigenvalue weighted by atomic mass is 16.3. The number of aliphatic imine (C=N–C) groups is 1. The van der Waals surface area contributed by atoms with Gasteiger partial charge in [0, 0.05) is 0 Å². The van der Waals surface area contributed by atoms with E-state index >= 15 is 0 Å². The largest absolute Gasteiger partial charge is 0.371 e. The van der Waals surface area contributed by atoms with Crippen LogP contribution in [-0.2, 0) is 4.79 Å². The van der Waals surface area contributed by atoms with Gasteiger partial charge >= 0.3 is 0 Å². The van der Waals surface area contributed by atoms with E-state index in [4.69, 9.17) is 9.90 Å². The molecule has 34 valence electrons. The first-order chi connectivity index (χ1) is 2.77. The topological polar surface area (TPSA) is 49.7 Å². The van der Waals surface area contributed by atoms with E-state index in [2.05, 4.69) is 4.99 Å². The standard InChI is InChI=1S/C3H5NO2/c1-3(6)4-2-5/h3,6H,1H3. The van der Waals surface area contributed by atoms with Crippen molar-refractivity contribution >= 4 is 6.08 Å². The van der Waals surface area contributed by atoms with Gasteiger partial charge in [0.05, 0.1) is 0 Å². The molecule has 0 fully saturated rings. The number of aliphatic hydroxyl groups excluding tert-OH is 1. The van der Waals surface area contributed by atoms with Crippen molar-refractivity contribution in [2.45, 2.75) is 13.2 Å². The Morgan fingerprint density at radius 2 is 2.50 bits per heavy atom. The lowest BCUT2D eigenvalue weighted by molar-refractivity contribution is 0.205. The lowest BCUT2D eigenvalue weighted by Gasteiger charge is -1.82. The number of hydrogen-bond donors (Lipinski definition) is 1. The molecular weight excluding hydrogens is 82.0 g/mol. The molecule has 0 aromatic rings. The van der Waals surface area contributed by atoms with E-state index in [1.807, 2.05) is 0 Å². The Kier molecular flexibility index (Phi) is 2.29. The number of nitrogens with zero attached hydrogens (tertiary/aromatic N) is 1. The summed E-state index contributed by atoms with van der Waals surface area (Å²) < 4.78 is 0. The molecule has 0 spiro atoms. The molecule has 1 N–H and O–H groups in total. The van der Waals surface area contributed by atoms with Crippen LogP contribution in [0, 0.1) is 0 Å². The summed E-state index contributed by atoms with van der Waals surface area (Å²) in [6, 6.07) is 0. The van der Waals surface area contributed by atoms with Gasteiger partial charge in [-0.05, 0) is 6.92 Å².